The van der Waals surface area contributed by atoms with Gasteiger partial charge in [-0.25, -0.2) is 4.39 Å². The van der Waals surface area contributed by atoms with Gasteiger partial charge < -0.3 is 4.74 Å². The Bertz CT molecular complexity index is 654. The summed E-state index contributed by atoms with van der Waals surface area (Å²) in [6.07, 6.45) is -0.181. The van der Waals surface area contributed by atoms with E-state index >= 15 is 0 Å². The minimum absolute atomic E-state index is 0.0498. The Labute approximate surface area is 114 Å². The zero-order valence-electron chi connectivity index (χ0n) is 9.90. The van der Waals surface area contributed by atoms with E-state index in [-0.39, 0.29) is 12.2 Å². The van der Waals surface area contributed by atoms with E-state index in [0.29, 0.717) is 16.3 Å². The van der Waals surface area contributed by atoms with Crippen molar-refractivity contribution in [2.24, 2.45) is 0 Å². The summed E-state index contributed by atoms with van der Waals surface area (Å²) in [5, 5.41) is 0.582. The fraction of sp³-hybridized carbons (Fsp3) is 0.133. The molecule has 1 aliphatic rings. The van der Waals surface area contributed by atoms with Gasteiger partial charge in [0.25, 0.3) is 0 Å². The molecule has 1 unspecified atom stereocenters. The molecule has 0 radical (unpaired) electrons. The Morgan fingerprint density at radius 3 is 2.84 bits per heavy atom. The van der Waals surface area contributed by atoms with Gasteiger partial charge in [-0.2, -0.15) is 0 Å². The van der Waals surface area contributed by atoms with E-state index in [0.717, 1.165) is 5.56 Å². The molecule has 0 aliphatic carbocycles. The van der Waals surface area contributed by atoms with Crippen LogP contribution in [0.3, 0.4) is 0 Å². The number of halogens is 2. The normalized spacial score (nSPS) is 17.8. The molecule has 4 heteroatoms. The lowest BCUT2D eigenvalue weighted by molar-refractivity contribution is 0.0849. The zero-order valence-corrected chi connectivity index (χ0v) is 10.7. The lowest BCUT2D eigenvalue weighted by Gasteiger charge is -2.25. The van der Waals surface area contributed by atoms with Crippen LogP contribution < -0.4 is 4.74 Å². The molecule has 2 nitrogen and oxygen atoms in total. The van der Waals surface area contributed by atoms with Crippen LogP contribution in [0.2, 0.25) is 5.02 Å². The number of ketones is 1. The SMILES string of the molecule is O=C1CC(c2cccc(Cl)c2)Oc2cc(F)ccc21. The van der Waals surface area contributed by atoms with Crippen molar-refractivity contribution in [2.75, 3.05) is 0 Å². The molecule has 3 rings (SSSR count). The number of carbonyl (C=O) groups excluding carboxylic acids is 1. The Morgan fingerprint density at radius 1 is 1.21 bits per heavy atom. The third-order valence-corrected chi connectivity index (χ3v) is 3.34. The third-order valence-electron chi connectivity index (χ3n) is 3.10. The van der Waals surface area contributed by atoms with Crippen molar-refractivity contribution in [3.05, 3.63) is 64.4 Å². The van der Waals surface area contributed by atoms with Crippen LogP contribution in [-0.4, -0.2) is 5.78 Å². The van der Waals surface area contributed by atoms with E-state index in [4.69, 9.17) is 16.3 Å². The van der Waals surface area contributed by atoms with Gasteiger partial charge in [-0.3, -0.25) is 4.79 Å². The second-order valence-corrected chi connectivity index (χ2v) is 4.87. The summed E-state index contributed by atoms with van der Waals surface area (Å²) in [5.74, 6) is -0.175. The maximum Gasteiger partial charge on any atom is 0.170 e. The zero-order chi connectivity index (χ0) is 13.4. The molecule has 0 N–H and O–H groups in total. The maximum absolute atomic E-state index is 13.2. The molecule has 0 fully saturated rings. The Morgan fingerprint density at radius 2 is 2.05 bits per heavy atom. The highest BCUT2D eigenvalue weighted by Gasteiger charge is 2.27. The van der Waals surface area contributed by atoms with Crippen LogP contribution in [0.15, 0.2) is 42.5 Å². The van der Waals surface area contributed by atoms with Crippen LogP contribution in [0.5, 0.6) is 5.75 Å². The fourth-order valence-electron chi connectivity index (χ4n) is 2.19. The van der Waals surface area contributed by atoms with Gasteiger partial charge in [0, 0.05) is 11.1 Å². The molecule has 0 amide bonds. The van der Waals surface area contributed by atoms with E-state index in [1.54, 1.807) is 18.2 Å². The monoisotopic (exact) mass is 276 g/mol. The van der Waals surface area contributed by atoms with Gasteiger partial charge in [-0.15, -0.1) is 0 Å². The molecule has 0 saturated carbocycles. The molecule has 2 aromatic rings. The fourth-order valence-corrected chi connectivity index (χ4v) is 2.39. The quantitative estimate of drug-likeness (QED) is 0.781. The minimum atomic E-state index is -0.418. The minimum Gasteiger partial charge on any atom is -0.484 e. The second kappa shape index (κ2) is 4.67. The molecule has 1 heterocycles. The maximum atomic E-state index is 13.2. The topological polar surface area (TPSA) is 26.3 Å². The average molecular weight is 277 g/mol. The van der Waals surface area contributed by atoms with Gasteiger partial charge in [0.15, 0.2) is 5.78 Å². The number of hydrogen-bond donors (Lipinski definition) is 0. The summed E-state index contributed by atoms with van der Waals surface area (Å²) >= 11 is 5.93. The van der Waals surface area contributed by atoms with Crippen molar-refractivity contribution < 1.29 is 13.9 Å². The summed E-state index contributed by atoms with van der Waals surface area (Å²) in [7, 11) is 0. The average Bonchev–Trinajstić information content (AvgIpc) is 2.38. The summed E-state index contributed by atoms with van der Waals surface area (Å²) in [6.45, 7) is 0. The van der Waals surface area contributed by atoms with Crippen LogP contribution in [-0.2, 0) is 0 Å². The molecule has 1 aliphatic heterocycles. The van der Waals surface area contributed by atoms with Gasteiger partial charge in [0.05, 0.1) is 12.0 Å². The van der Waals surface area contributed by atoms with Gasteiger partial charge in [-0.1, -0.05) is 23.7 Å². The lowest BCUT2D eigenvalue weighted by atomic mass is 9.96. The van der Waals surface area contributed by atoms with Crippen LogP contribution in [0, 0.1) is 5.82 Å². The van der Waals surface area contributed by atoms with Gasteiger partial charge in [-0.05, 0) is 29.8 Å². The van der Waals surface area contributed by atoms with Crippen molar-refractivity contribution in [3.63, 3.8) is 0 Å². The van der Waals surface area contributed by atoms with E-state index in [9.17, 15) is 9.18 Å². The number of fused-ring (bicyclic) bond motifs is 1. The standard InChI is InChI=1S/C15H10ClFO2/c16-10-3-1-2-9(6-10)14-8-13(18)12-5-4-11(17)7-15(12)19-14/h1-7,14H,8H2. The predicted molar refractivity (Wildman–Crippen MR) is 70.2 cm³/mol. The molecule has 1 atom stereocenters. The van der Waals surface area contributed by atoms with E-state index in [2.05, 4.69) is 0 Å². The summed E-state index contributed by atoms with van der Waals surface area (Å²) in [4.78, 5) is 12.0. The predicted octanol–water partition coefficient (Wildman–Crippen LogP) is 4.19. The first-order valence-electron chi connectivity index (χ1n) is 5.88. The summed E-state index contributed by atoms with van der Waals surface area (Å²) in [5.41, 5.74) is 1.25. The summed E-state index contributed by atoms with van der Waals surface area (Å²) in [6, 6.07) is 11.1. The highest BCUT2D eigenvalue weighted by atomic mass is 35.5. The Balaban J connectivity index is 1.98. The smallest absolute Gasteiger partial charge is 0.170 e. The van der Waals surface area contributed by atoms with Crippen molar-refractivity contribution >= 4 is 17.4 Å². The molecular formula is C15H10ClFO2. The molecule has 0 aromatic heterocycles. The first kappa shape index (κ1) is 12.2. The van der Waals surface area contributed by atoms with Crippen molar-refractivity contribution in [3.8, 4) is 5.75 Å². The largest absolute Gasteiger partial charge is 0.484 e. The first-order valence-corrected chi connectivity index (χ1v) is 6.26. The Kier molecular flexibility index (Phi) is 2.99. The van der Waals surface area contributed by atoms with Crippen molar-refractivity contribution in [1.82, 2.24) is 0 Å². The van der Waals surface area contributed by atoms with Crippen molar-refractivity contribution in [1.29, 1.82) is 0 Å². The number of Topliss-reactive ketones (excluding diaryl/α,β-unsaturated/α-hetero) is 1. The van der Waals surface area contributed by atoms with E-state index in [1.807, 2.05) is 6.07 Å². The van der Waals surface area contributed by atoms with Crippen LogP contribution in [0.25, 0.3) is 0 Å². The second-order valence-electron chi connectivity index (χ2n) is 4.43. The highest BCUT2D eigenvalue weighted by Crippen LogP contribution is 2.35. The van der Waals surface area contributed by atoms with Crippen LogP contribution in [0.4, 0.5) is 4.39 Å². The molecule has 19 heavy (non-hydrogen) atoms. The van der Waals surface area contributed by atoms with Gasteiger partial charge >= 0.3 is 0 Å². The molecular weight excluding hydrogens is 267 g/mol. The Hall–Kier alpha value is -1.87. The van der Waals surface area contributed by atoms with Crippen molar-refractivity contribution in [2.45, 2.75) is 12.5 Å². The number of rotatable bonds is 1. The lowest BCUT2D eigenvalue weighted by Crippen LogP contribution is -2.20. The number of hydrogen-bond acceptors (Lipinski definition) is 2. The molecule has 0 spiro atoms. The number of carbonyl (C=O) groups is 1. The molecule has 0 saturated heterocycles. The van der Waals surface area contributed by atoms with Crippen LogP contribution in [0.1, 0.15) is 28.4 Å². The first-order chi connectivity index (χ1) is 9.13. The van der Waals surface area contributed by atoms with E-state index in [1.165, 1.54) is 18.2 Å². The molecule has 0 bridgehead atoms. The summed E-state index contributed by atoms with van der Waals surface area (Å²) < 4.78 is 18.9. The molecule has 2 aromatic carbocycles. The molecule has 96 valence electrons. The van der Waals surface area contributed by atoms with Gasteiger partial charge in [0.1, 0.15) is 17.7 Å². The van der Waals surface area contributed by atoms with Gasteiger partial charge in [0.2, 0.25) is 0 Å². The highest BCUT2D eigenvalue weighted by molar-refractivity contribution is 6.30. The number of benzene rings is 2. The van der Waals surface area contributed by atoms with Crippen LogP contribution >= 0.6 is 11.6 Å². The number of ether oxygens (including phenoxy) is 1. The van der Waals surface area contributed by atoms with E-state index < -0.39 is 11.9 Å². The third kappa shape index (κ3) is 2.34.